The first-order valence-electron chi connectivity index (χ1n) is 4.41. The van der Waals surface area contributed by atoms with Crippen LogP contribution in [0.5, 0.6) is 0 Å². The summed E-state index contributed by atoms with van der Waals surface area (Å²) in [6, 6.07) is 4.94. The van der Waals surface area contributed by atoms with Gasteiger partial charge >= 0.3 is 0 Å². The van der Waals surface area contributed by atoms with Gasteiger partial charge in [0.25, 0.3) is 0 Å². The van der Waals surface area contributed by atoms with Gasteiger partial charge in [-0.05, 0) is 18.6 Å². The number of aldehydes is 1. The van der Waals surface area contributed by atoms with E-state index in [1.165, 1.54) is 6.07 Å². The monoisotopic (exact) mass is 191 g/mol. The second-order valence-electron chi connectivity index (χ2n) is 3.27. The summed E-state index contributed by atoms with van der Waals surface area (Å²) in [4.78, 5) is 10.4. The Balaban J connectivity index is 2.78. The van der Waals surface area contributed by atoms with Crippen LogP contribution in [-0.2, 0) is 11.3 Å². The van der Waals surface area contributed by atoms with Crippen LogP contribution >= 0.6 is 0 Å². The van der Waals surface area contributed by atoms with E-state index in [1.54, 1.807) is 16.8 Å². The maximum Gasteiger partial charge on any atom is 0.147 e. The van der Waals surface area contributed by atoms with E-state index in [1.807, 2.05) is 13.0 Å². The van der Waals surface area contributed by atoms with Gasteiger partial charge in [0, 0.05) is 11.6 Å². The van der Waals surface area contributed by atoms with Crippen molar-refractivity contribution in [3.63, 3.8) is 0 Å². The first-order valence-corrected chi connectivity index (χ1v) is 4.41. The van der Waals surface area contributed by atoms with E-state index >= 15 is 0 Å². The predicted octanol–water partition coefficient (Wildman–Crippen LogP) is 2.29. The highest BCUT2D eigenvalue weighted by molar-refractivity contribution is 5.84. The molecule has 0 aliphatic carbocycles. The molecule has 14 heavy (non-hydrogen) atoms. The number of para-hydroxylation sites is 1. The first-order chi connectivity index (χ1) is 6.74. The molecule has 0 saturated heterocycles. The minimum Gasteiger partial charge on any atom is -0.338 e. The average Bonchev–Trinajstić information content (AvgIpc) is 2.46. The Morgan fingerprint density at radius 1 is 1.50 bits per heavy atom. The fourth-order valence-corrected chi connectivity index (χ4v) is 1.72. The van der Waals surface area contributed by atoms with Crippen molar-refractivity contribution in [1.29, 1.82) is 0 Å². The molecular formula is C11H10FNO. The summed E-state index contributed by atoms with van der Waals surface area (Å²) in [5, 5.41) is 0.867. The number of aromatic nitrogens is 1. The largest absolute Gasteiger partial charge is 0.338 e. The van der Waals surface area contributed by atoms with Crippen molar-refractivity contribution in [2.75, 3.05) is 0 Å². The second-order valence-corrected chi connectivity index (χ2v) is 3.27. The van der Waals surface area contributed by atoms with Gasteiger partial charge in [-0.1, -0.05) is 12.1 Å². The zero-order chi connectivity index (χ0) is 10.1. The molecule has 1 heterocycles. The third kappa shape index (κ3) is 1.21. The first kappa shape index (κ1) is 8.94. The lowest BCUT2D eigenvalue weighted by Crippen LogP contribution is -1.97. The SMILES string of the molecule is Cc1cn(CC=O)c2c(F)cccc12. The predicted molar refractivity (Wildman–Crippen MR) is 52.7 cm³/mol. The number of carbonyl (C=O) groups is 1. The highest BCUT2D eigenvalue weighted by Gasteiger charge is 2.08. The molecule has 0 spiro atoms. The van der Waals surface area contributed by atoms with Crippen LogP contribution in [0.25, 0.3) is 10.9 Å². The number of carbonyl (C=O) groups excluding carboxylic acids is 1. The Bertz CT molecular complexity index is 487. The van der Waals surface area contributed by atoms with E-state index in [2.05, 4.69) is 0 Å². The van der Waals surface area contributed by atoms with Crippen LogP contribution in [0.1, 0.15) is 5.56 Å². The van der Waals surface area contributed by atoms with Crippen molar-refractivity contribution < 1.29 is 9.18 Å². The number of hydrogen-bond acceptors (Lipinski definition) is 1. The summed E-state index contributed by atoms with van der Waals surface area (Å²) in [7, 11) is 0. The Labute approximate surface area is 81.0 Å². The van der Waals surface area contributed by atoms with Gasteiger partial charge < -0.3 is 9.36 Å². The lowest BCUT2D eigenvalue weighted by Gasteiger charge is -1.99. The van der Waals surface area contributed by atoms with Crippen LogP contribution in [0.15, 0.2) is 24.4 Å². The molecular weight excluding hydrogens is 181 g/mol. The van der Waals surface area contributed by atoms with E-state index in [9.17, 15) is 9.18 Å². The topological polar surface area (TPSA) is 22.0 Å². The van der Waals surface area contributed by atoms with Gasteiger partial charge in [0.2, 0.25) is 0 Å². The molecule has 0 aliphatic rings. The van der Waals surface area contributed by atoms with Gasteiger partial charge in [-0.3, -0.25) is 0 Å². The molecule has 1 aromatic heterocycles. The number of aryl methyl sites for hydroxylation is 1. The van der Waals surface area contributed by atoms with Crippen LogP contribution in [0.4, 0.5) is 4.39 Å². The highest BCUT2D eigenvalue weighted by atomic mass is 19.1. The van der Waals surface area contributed by atoms with Gasteiger partial charge in [0.1, 0.15) is 12.1 Å². The molecule has 72 valence electrons. The fraction of sp³-hybridized carbons (Fsp3) is 0.182. The lowest BCUT2D eigenvalue weighted by atomic mass is 10.2. The summed E-state index contributed by atoms with van der Waals surface area (Å²) >= 11 is 0. The Kier molecular flexibility index (Phi) is 2.08. The van der Waals surface area contributed by atoms with E-state index in [-0.39, 0.29) is 12.4 Å². The molecule has 0 atom stereocenters. The second kappa shape index (κ2) is 3.25. The standard InChI is InChI=1S/C11H10FNO/c1-8-7-13(5-6-14)11-9(8)3-2-4-10(11)12/h2-4,6-7H,5H2,1H3. The molecule has 0 saturated carbocycles. The molecule has 0 fully saturated rings. The maximum atomic E-state index is 13.4. The van der Waals surface area contributed by atoms with Gasteiger partial charge in [0.05, 0.1) is 12.1 Å². The number of fused-ring (bicyclic) bond motifs is 1. The molecule has 0 unspecified atom stereocenters. The van der Waals surface area contributed by atoms with E-state index in [4.69, 9.17) is 0 Å². The molecule has 0 amide bonds. The number of hydrogen-bond donors (Lipinski definition) is 0. The zero-order valence-corrected chi connectivity index (χ0v) is 7.83. The maximum absolute atomic E-state index is 13.4. The summed E-state index contributed by atoms with van der Waals surface area (Å²) < 4.78 is 15.1. The Hall–Kier alpha value is -1.64. The van der Waals surface area contributed by atoms with Crippen LogP contribution in [-0.4, -0.2) is 10.9 Å². The highest BCUT2D eigenvalue weighted by Crippen LogP contribution is 2.22. The number of nitrogens with zero attached hydrogens (tertiary/aromatic N) is 1. The molecule has 0 bridgehead atoms. The van der Waals surface area contributed by atoms with Crippen molar-refractivity contribution in [3.05, 3.63) is 35.8 Å². The zero-order valence-electron chi connectivity index (χ0n) is 7.83. The van der Waals surface area contributed by atoms with Crippen molar-refractivity contribution in [2.45, 2.75) is 13.5 Å². The molecule has 0 N–H and O–H groups in total. The average molecular weight is 191 g/mol. The summed E-state index contributed by atoms with van der Waals surface area (Å²) in [5.41, 5.74) is 1.50. The normalized spacial score (nSPS) is 10.7. The van der Waals surface area contributed by atoms with E-state index < -0.39 is 0 Å². The molecule has 2 nitrogen and oxygen atoms in total. The van der Waals surface area contributed by atoms with Crippen molar-refractivity contribution in [3.8, 4) is 0 Å². The third-order valence-electron chi connectivity index (χ3n) is 2.32. The minimum absolute atomic E-state index is 0.200. The number of rotatable bonds is 2. The van der Waals surface area contributed by atoms with Crippen molar-refractivity contribution in [1.82, 2.24) is 4.57 Å². The van der Waals surface area contributed by atoms with Gasteiger partial charge in [-0.15, -0.1) is 0 Å². The molecule has 2 rings (SSSR count). The van der Waals surface area contributed by atoms with E-state index in [0.717, 1.165) is 17.2 Å². The van der Waals surface area contributed by atoms with Gasteiger partial charge in [0.15, 0.2) is 0 Å². The smallest absolute Gasteiger partial charge is 0.147 e. The van der Waals surface area contributed by atoms with Crippen molar-refractivity contribution in [2.24, 2.45) is 0 Å². The van der Waals surface area contributed by atoms with Crippen LogP contribution in [0.2, 0.25) is 0 Å². The molecule has 0 aliphatic heterocycles. The van der Waals surface area contributed by atoms with E-state index in [0.29, 0.717) is 5.52 Å². The van der Waals surface area contributed by atoms with Crippen molar-refractivity contribution >= 4 is 17.2 Å². The van der Waals surface area contributed by atoms with Gasteiger partial charge in [-0.2, -0.15) is 0 Å². The van der Waals surface area contributed by atoms with Crippen LogP contribution in [0, 0.1) is 12.7 Å². The Morgan fingerprint density at radius 3 is 3.00 bits per heavy atom. The van der Waals surface area contributed by atoms with Gasteiger partial charge in [-0.25, -0.2) is 4.39 Å². The number of benzene rings is 1. The fourth-order valence-electron chi connectivity index (χ4n) is 1.72. The minimum atomic E-state index is -0.280. The third-order valence-corrected chi connectivity index (χ3v) is 2.32. The van der Waals surface area contributed by atoms with Crippen LogP contribution < -0.4 is 0 Å². The molecule has 3 heteroatoms. The Morgan fingerprint density at radius 2 is 2.29 bits per heavy atom. The molecule has 2 aromatic rings. The summed E-state index contributed by atoms with van der Waals surface area (Å²) in [6.45, 7) is 2.11. The molecule has 1 aromatic carbocycles. The summed E-state index contributed by atoms with van der Waals surface area (Å²) in [6.07, 6.45) is 2.56. The quantitative estimate of drug-likeness (QED) is 0.667. The van der Waals surface area contributed by atoms with Crippen LogP contribution in [0.3, 0.4) is 0 Å². The lowest BCUT2D eigenvalue weighted by molar-refractivity contribution is -0.108. The molecule has 0 radical (unpaired) electrons. The number of halogens is 1. The summed E-state index contributed by atoms with van der Waals surface area (Å²) in [5.74, 6) is -0.280.